The molecule has 1 fully saturated rings. The van der Waals surface area contributed by atoms with Gasteiger partial charge in [0.2, 0.25) is 0 Å². The van der Waals surface area contributed by atoms with Gasteiger partial charge in [0.15, 0.2) is 0 Å². The summed E-state index contributed by atoms with van der Waals surface area (Å²) < 4.78 is 1.06. The number of carbonyl (C=O) groups excluding carboxylic acids is 1. The lowest BCUT2D eigenvalue weighted by atomic mass is 9.78. The van der Waals surface area contributed by atoms with Crippen LogP contribution in [0.15, 0.2) is 15.9 Å². The molecule has 0 amide bonds. The minimum Gasteiger partial charge on any atom is -0.315 e. The molecule has 1 N–H and O–H groups in total. The van der Waals surface area contributed by atoms with E-state index in [-0.39, 0.29) is 5.41 Å². The largest absolute Gasteiger partial charge is 0.315 e. The smallest absolute Gasteiger partial charge is 0.146 e. The topological polar surface area (TPSA) is 29.1 Å². The second kappa shape index (κ2) is 3.76. The Morgan fingerprint density at radius 3 is 2.86 bits per heavy atom. The molecule has 0 aliphatic carbocycles. The first-order valence-electron chi connectivity index (χ1n) is 4.58. The van der Waals surface area contributed by atoms with Gasteiger partial charge in [-0.3, -0.25) is 4.79 Å². The van der Waals surface area contributed by atoms with E-state index in [1.165, 1.54) is 0 Å². The first kappa shape index (κ1) is 10.3. The molecular weight excluding hydrogens is 262 g/mol. The molecule has 0 radical (unpaired) electrons. The molecule has 1 aliphatic rings. The zero-order valence-corrected chi connectivity index (χ0v) is 10.4. The third-order valence-corrected chi connectivity index (χ3v) is 4.64. The summed E-state index contributed by atoms with van der Waals surface area (Å²) in [5.74, 6) is 0.347. The molecule has 1 aromatic rings. The Kier molecular flexibility index (Phi) is 2.77. The molecule has 1 aliphatic heterocycles. The van der Waals surface area contributed by atoms with Gasteiger partial charge >= 0.3 is 0 Å². The molecule has 76 valence electrons. The number of thiophene rings is 1. The van der Waals surface area contributed by atoms with Gasteiger partial charge in [-0.05, 0) is 27.4 Å². The number of rotatable bonds is 3. The van der Waals surface area contributed by atoms with Crippen LogP contribution in [0.3, 0.4) is 0 Å². The molecule has 2 nitrogen and oxygen atoms in total. The van der Waals surface area contributed by atoms with E-state index in [9.17, 15) is 4.79 Å². The van der Waals surface area contributed by atoms with Crippen LogP contribution in [-0.4, -0.2) is 18.9 Å². The number of ketones is 1. The molecular formula is C10H12BrNOS. The number of hydrogen-bond donors (Lipinski definition) is 1. The van der Waals surface area contributed by atoms with E-state index in [1.807, 2.05) is 18.4 Å². The van der Waals surface area contributed by atoms with Crippen molar-refractivity contribution in [3.8, 4) is 0 Å². The molecule has 1 saturated heterocycles. The van der Waals surface area contributed by atoms with Crippen LogP contribution in [0, 0.1) is 5.41 Å². The summed E-state index contributed by atoms with van der Waals surface area (Å²) in [6, 6.07) is 1.99. The number of hydrogen-bond acceptors (Lipinski definition) is 3. The molecule has 0 atom stereocenters. The van der Waals surface area contributed by atoms with Gasteiger partial charge in [0.1, 0.15) is 5.78 Å². The van der Waals surface area contributed by atoms with Crippen molar-refractivity contribution < 1.29 is 4.79 Å². The predicted octanol–water partition coefficient (Wildman–Crippen LogP) is 2.23. The van der Waals surface area contributed by atoms with E-state index in [0.29, 0.717) is 12.2 Å². The van der Waals surface area contributed by atoms with Gasteiger partial charge in [-0.25, -0.2) is 0 Å². The van der Waals surface area contributed by atoms with Gasteiger partial charge in [0, 0.05) is 28.9 Å². The fourth-order valence-corrected chi connectivity index (χ4v) is 3.00. The van der Waals surface area contributed by atoms with Crippen LogP contribution in [0.5, 0.6) is 0 Å². The monoisotopic (exact) mass is 273 g/mol. The Bertz CT molecular complexity index is 357. The predicted molar refractivity (Wildman–Crippen MR) is 61.7 cm³/mol. The molecule has 0 saturated carbocycles. The van der Waals surface area contributed by atoms with Crippen molar-refractivity contribution in [3.63, 3.8) is 0 Å². The van der Waals surface area contributed by atoms with Gasteiger partial charge in [0.05, 0.1) is 5.41 Å². The van der Waals surface area contributed by atoms with E-state index in [4.69, 9.17) is 0 Å². The first-order valence-corrected chi connectivity index (χ1v) is 6.25. The number of carbonyl (C=O) groups is 1. The van der Waals surface area contributed by atoms with Crippen molar-refractivity contribution in [2.45, 2.75) is 13.3 Å². The molecule has 0 aromatic carbocycles. The Morgan fingerprint density at radius 1 is 1.71 bits per heavy atom. The quantitative estimate of drug-likeness (QED) is 0.915. The summed E-state index contributed by atoms with van der Waals surface area (Å²) in [6.07, 6.45) is 0.566. The maximum Gasteiger partial charge on any atom is 0.146 e. The molecule has 4 heteroatoms. The summed E-state index contributed by atoms with van der Waals surface area (Å²) in [7, 11) is 0. The highest BCUT2D eigenvalue weighted by atomic mass is 79.9. The molecule has 0 unspecified atom stereocenters. The van der Waals surface area contributed by atoms with Crippen LogP contribution in [0.25, 0.3) is 0 Å². The summed E-state index contributed by atoms with van der Waals surface area (Å²) >= 11 is 5.08. The third kappa shape index (κ3) is 1.78. The van der Waals surface area contributed by atoms with Crippen molar-refractivity contribution in [3.05, 3.63) is 20.8 Å². The van der Waals surface area contributed by atoms with Crippen LogP contribution in [0.2, 0.25) is 0 Å². The molecule has 14 heavy (non-hydrogen) atoms. The summed E-state index contributed by atoms with van der Waals surface area (Å²) in [4.78, 5) is 13.1. The van der Waals surface area contributed by atoms with Gasteiger partial charge in [-0.15, -0.1) is 11.3 Å². The zero-order valence-electron chi connectivity index (χ0n) is 7.97. The van der Waals surface area contributed by atoms with Crippen molar-refractivity contribution in [1.29, 1.82) is 0 Å². The number of halogens is 1. The van der Waals surface area contributed by atoms with Crippen LogP contribution in [0.4, 0.5) is 0 Å². The fourth-order valence-electron chi connectivity index (χ4n) is 1.51. The van der Waals surface area contributed by atoms with Crippen molar-refractivity contribution in [2.24, 2.45) is 5.41 Å². The normalized spacial score (nSPS) is 19.0. The maximum atomic E-state index is 11.9. The maximum absolute atomic E-state index is 11.9. The molecule has 2 heterocycles. The second-order valence-corrected chi connectivity index (χ2v) is 5.81. The van der Waals surface area contributed by atoms with E-state index in [2.05, 4.69) is 21.2 Å². The zero-order chi connectivity index (χ0) is 10.2. The molecule has 0 bridgehead atoms. The van der Waals surface area contributed by atoms with Crippen molar-refractivity contribution >= 4 is 33.0 Å². The Balaban J connectivity index is 2.05. The van der Waals surface area contributed by atoms with Crippen LogP contribution < -0.4 is 5.32 Å². The van der Waals surface area contributed by atoms with Gasteiger partial charge in [-0.2, -0.15) is 0 Å². The minimum atomic E-state index is -0.122. The lowest BCUT2D eigenvalue weighted by Gasteiger charge is -2.37. The number of nitrogens with one attached hydrogen (secondary N) is 1. The van der Waals surface area contributed by atoms with Gasteiger partial charge < -0.3 is 5.32 Å². The SMILES string of the molecule is CC1(C(=O)Cc2sccc2Br)CNC1. The summed E-state index contributed by atoms with van der Waals surface area (Å²) in [6.45, 7) is 3.69. The second-order valence-electron chi connectivity index (χ2n) is 3.96. The van der Waals surface area contributed by atoms with E-state index in [1.54, 1.807) is 11.3 Å². The van der Waals surface area contributed by atoms with Gasteiger partial charge in [0.25, 0.3) is 0 Å². The minimum absolute atomic E-state index is 0.122. The molecule has 2 rings (SSSR count). The van der Waals surface area contributed by atoms with E-state index < -0.39 is 0 Å². The first-order chi connectivity index (χ1) is 6.62. The van der Waals surface area contributed by atoms with Crippen molar-refractivity contribution in [2.75, 3.05) is 13.1 Å². The average molecular weight is 274 g/mol. The highest BCUT2D eigenvalue weighted by Crippen LogP contribution is 2.29. The Hall–Kier alpha value is -0.190. The van der Waals surface area contributed by atoms with Crippen LogP contribution in [-0.2, 0) is 11.2 Å². The summed E-state index contributed by atoms with van der Waals surface area (Å²) in [5.41, 5.74) is -0.122. The lowest BCUT2D eigenvalue weighted by molar-refractivity contribution is -0.129. The third-order valence-electron chi connectivity index (χ3n) is 2.72. The standard InChI is InChI=1S/C10H12BrNOS/c1-10(5-12-6-10)9(13)4-8-7(11)2-3-14-8/h2-3,12H,4-6H2,1H3. The number of Topliss-reactive ketones (excluding diaryl/α,β-unsaturated/α-hetero) is 1. The van der Waals surface area contributed by atoms with Crippen LogP contribution in [0.1, 0.15) is 11.8 Å². The molecule has 0 spiro atoms. The fraction of sp³-hybridized carbons (Fsp3) is 0.500. The van der Waals surface area contributed by atoms with E-state index >= 15 is 0 Å². The van der Waals surface area contributed by atoms with E-state index in [0.717, 1.165) is 22.4 Å². The highest BCUT2D eigenvalue weighted by Gasteiger charge is 2.38. The Labute approximate surface area is 95.8 Å². The highest BCUT2D eigenvalue weighted by molar-refractivity contribution is 9.10. The van der Waals surface area contributed by atoms with Gasteiger partial charge in [-0.1, -0.05) is 6.92 Å². The Morgan fingerprint density at radius 2 is 2.43 bits per heavy atom. The van der Waals surface area contributed by atoms with Crippen molar-refractivity contribution in [1.82, 2.24) is 5.32 Å². The molecule has 1 aromatic heterocycles. The van der Waals surface area contributed by atoms with Crippen LogP contribution >= 0.6 is 27.3 Å². The lowest BCUT2D eigenvalue weighted by Crippen LogP contribution is -2.56. The average Bonchev–Trinajstić information content (AvgIpc) is 2.48. The summed E-state index contributed by atoms with van der Waals surface area (Å²) in [5, 5.41) is 5.16.